The van der Waals surface area contributed by atoms with E-state index in [1.54, 1.807) is 7.11 Å². The number of aromatic nitrogens is 2. The number of sulfonamides is 1. The predicted octanol–water partition coefficient (Wildman–Crippen LogP) is 3.35. The summed E-state index contributed by atoms with van der Waals surface area (Å²) in [5, 5.41) is 2.88. The predicted molar refractivity (Wildman–Crippen MR) is 168 cm³/mol. The maximum absolute atomic E-state index is 12.3. The Hall–Kier alpha value is -0.370. The zero-order chi connectivity index (χ0) is 29.3. The van der Waals surface area contributed by atoms with Crippen molar-refractivity contribution < 1.29 is 46.5 Å². The molecule has 242 valence electrons. The van der Waals surface area contributed by atoms with E-state index in [-0.39, 0.29) is 47.6 Å². The molecule has 1 atom stereocenters. The number of methoxy groups -OCH3 is 1. The fraction of sp³-hybridized carbons (Fsp3) is 0.867. The number of carbonyl (C=O) groups is 1. The van der Waals surface area contributed by atoms with Crippen molar-refractivity contribution in [3.63, 3.8) is 0 Å². The van der Waals surface area contributed by atoms with Gasteiger partial charge < -0.3 is 34.0 Å². The standard InChI is InChI=1S/C30H58N4O4S2.HI/c1-4-5-6-7-8-9-10-11-12-13-14-15-16-17-18-19-21-31-30(35)39-27-29(38-3)26-32-40(36,37)25-20-22-34-24-23-33(2)28-34;/h23-24,28-29,32H,4-22,25-27H2,1-3H3;1H. The van der Waals surface area contributed by atoms with Gasteiger partial charge in [-0.15, -0.1) is 0 Å². The summed E-state index contributed by atoms with van der Waals surface area (Å²) in [4.78, 5) is 12.2. The van der Waals surface area contributed by atoms with Gasteiger partial charge in [-0.3, -0.25) is 4.79 Å². The second-order valence-electron chi connectivity index (χ2n) is 11.0. The Bertz CT molecular complexity index is 855. The molecule has 1 amide bonds. The molecule has 0 radical (unpaired) electrons. The van der Waals surface area contributed by atoms with Crippen LogP contribution in [0.1, 0.15) is 116 Å². The minimum atomic E-state index is -3.39. The molecule has 0 aliphatic carbocycles. The van der Waals surface area contributed by atoms with Crippen molar-refractivity contribution in [3.8, 4) is 0 Å². The van der Waals surface area contributed by atoms with E-state index in [1.807, 2.05) is 34.9 Å². The zero-order valence-electron chi connectivity index (χ0n) is 26.1. The molecular formula is C30H59IN4O4S2. The molecule has 0 aliphatic heterocycles. The highest BCUT2D eigenvalue weighted by Gasteiger charge is 2.16. The zero-order valence-corrected chi connectivity index (χ0v) is 29.9. The Kier molecular flexibility index (Phi) is 27.0. The highest BCUT2D eigenvalue weighted by atomic mass is 127. The smallest absolute Gasteiger partial charge is 0.279 e. The molecule has 0 spiro atoms. The summed E-state index contributed by atoms with van der Waals surface area (Å²) in [7, 11) is 0.0836. The summed E-state index contributed by atoms with van der Waals surface area (Å²) in [6.07, 6.45) is 27.3. The monoisotopic (exact) mass is 730 g/mol. The van der Waals surface area contributed by atoms with Gasteiger partial charge in [-0.25, -0.2) is 22.3 Å². The number of amides is 1. The highest BCUT2D eigenvalue weighted by Crippen LogP contribution is 2.14. The molecule has 0 bridgehead atoms. The third-order valence-corrected chi connectivity index (χ3v) is 9.59. The van der Waals surface area contributed by atoms with Crippen molar-refractivity contribution in [1.82, 2.24) is 14.6 Å². The van der Waals surface area contributed by atoms with Crippen molar-refractivity contribution in [2.75, 3.05) is 31.7 Å². The minimum absolute atomic E-state index is 0. The molecule has 1 aromatic heterocycles. The summed E-state index contributed by atoms with van der Waals surface area (Å²) in [5.74, 6) is 0.460. The van der Waals surface area contributed by atoms with Crippen LogP contribution in [0.25, 0.3) is 0 Å². The van der Waals surface area contributed by atoms with Crippen LogP contribution >= 0.6 is 11.8 Å². The number of ether oxygens (including phenoxy) is 1. The molecule has 1 heterocycles. The number of halogens is 1. The van der Waals surface area contributed by atoms with Gasteiger partial charge in [0.2, 0.25) is 16.4 Å². The van der Waals surface area contributed by atoms with E-state index in [0.717, 1.165) is 24.6 Å². The molecule has 11 heteroatoms. The summed E-state index contributed by atoms with van der Waals surface area (Å²) in [6, 6.07) is 0. The summed E-state index contributed by atoms with van der Waals surface area (Å²) in [5.41, 5.74) is 0. The quantitative estimate of drug-likeness (QED) is 0.0824. The Morgan fingerprint density at radius 1 is 0.902 bits per heavy atom. The van der Waals surface area contributed by atoms with Gasteiger partial charge in [0.05, 0.1) is 25.4 Å². The van der Waals surface area contributed by atoms with Crippen LogP contribution in [-0.4, -0.2) is 56.0 Å². The van der Waals surface area contributed by atoms with Crippen LogP contribution < -0.4 is 38.6 Å². The SMILES string of the molecule is CCCCCCCCCCCCCCCCCCNC(=O)SCC(CNS(=O)(=O)CCC[n+]1ccn(C)c1)OC.[I-]. The van der Waals surface area contributed by atoms with Gasteiger partial charge in [0.1, 0.15) is 12.4 Å². The topological polar surface area (TPSA) is 93.3 Å². The van der Waals surface area contributed by atoms with Gasteiger partial charge in [0, 0.05) is 32.4 Å². The molecule has 0 saturated heterocycles. The van der Waals surface area contributed by atoms with E-state index >= 15 is 0 Å². The van der Waals surface area contributed by atoms with E-state index in [9.17, 15) is 13.2 Å². The maximum atomic E-state index is 12.3. The first-order valence-corrected chi connectivity index (χ1v) is 18.4. The largest absolute Gasteiger partial charge is 1.00 e. The van der Waals surface area contributed by atoms with Crippen LogP contribution in [0.5, 0.6) is 0 Å². The summed E-state index contributed by atoms with van der Waals surface area (Å²) >= 11 is 1.15. The Balaban J connectivity index is 0.0000160. The van der Waals surface area contributed by atoms with Crippen molar-refractivity contribution >= 4 is 27.0 Å². The lowest BCUT2D eigenvalue weighted by molar-refractivity contribution is -0.696. The lowest BCUT2D eigenvalue weighted by atomic mass is 10.0. The third kappa shape index (κ3) is 24.7. The molecule has 0 fully saturated rings. The number of carbonyl (C=O) groups excluding carboxylic acids is 1. The maximum Gasteiger partial charge on any atom is 0.279 e. The molecule has 1 unspecified atom stereocenters. The molecule has 41 heavy (non-hydrogen) atoms. The molecule has 1 rings (SSSR count). The summed E-state index contributed by atoms with van der Waals surface area (Å²) < 4.78 is 36.5. The van der Waals surface area contributed by atoms with Crippen LogP contribution in [-0.2, 0) is 28.4 Å². The Morgan fingerprint density at radius 2 is 1.44 bits per heavy atom. The minimum Gasteiger partial charge on any atom is -1.00 e. The van der Waals surface area contributed by atoms with Gasteiger partial charge in [-0.2, -0.15) is 0 Å². The van der Waals surface area contributed by atoms with Gasteiger partial charge in [-0.1, -0.05) is 115 Å². The first-order chi connectivity index (χ1) is 19.4. The summed E-state index contributed by atoms with van der Waals surface area (Å²) in [6.45, 7) is 3.77. The van der Waals surface area contributed by atoms with Gasteiger partial charge in [0.25, 0.3) is 5.24 Å². The number of rotatable bonds is 27. The van der Waals surface area contributed by atoms with Gasteiger partial charge >= 0.3 is 0 Å². The van der Waals surface area contributed by atoms with Crippen LogP contribution in [0.15, 0.2) is 18.7 Å². The van der Waals surface area contributed by atoms with E-state index < -0.39 is 10.0 Å². The first kappa shape index (κ1) is 40.6. The van der Waals surface area contributed by atoms with Crippen LogP contribution in [0, 0.1) is 0 Å². The van der Waals surface area contributed by atoms with Crippen molar-refractivity contribution in [1.29, 1.82) is 0 Å². The number of nitrogens with one attached hydrogen (secondary N) is 2. The molecule has 0 aromatic carbocycles. The second-order valence-corrected chi connectivity index (χ2v) is 13.9. The third-order valence-electron chi connectivity index (χ3n) is 7.22. The highest BCUT2D eigenvalue weighted by molar-refractivity contribution is 8.13. The molecule has 0 aliphatic rings. The normalized spacial score (nSPS) is 12.3. The van der Waals surface area contributed by atoms with Crippen LogP contribution in [0.4, 0.5) is 4.79 Å². The average molecular weight is 731 g/mol. The van der Waals surface area contributed by atoms with Crippen LogP contribution in [0.2, 0.25) is 0 Å². The number of nitrogens with zero attached hydrogens (tertiary/aromatic N) is 2. The first-order valence-electron chi connectivity index (χ1n) is 15.8. The molecule has 0 saturated carbocycles. The van der Waals surface area contributed by atoms with Crippen LogP contribution in [0.3, 0.4) is 0 Å². The van der Waals surface area contributed by atoms with Crippen molar-refractivity contribution in [2.24, 2.45) is 7.05 Å². The fourth-order valence-corrected chi connectivity index (χ4v) is 6.55. The number of hydrogen-bond acceptors (Lipinski definition) is 5. The van der Waals surface area contributed by atoms with Gasteiger partial charge in [0.15, 0.2) is 0 Å². The number of imidazole rings is 1. The van der Waals surface area contributed by atoms with Gasteiger partial charge in [-0.05, 0) is 6.42 Å². The number of aryl methyl sites for hydroxylation is 2. The number of thioether (sulfide) groups is 1. The lowest BCUT2D eigenvalue weighted by Gasteiger charge is -2.15. The molecule has 2 N–H and O–H groups in total. The van der Waals surface area contributed by atoms with E-state index in [0.29, 0.717) is 25.3 Å². The number of unbranched alkanes of at least 4 members (excludes halogenated alkanes) is 15. The second kappa shape index (κ2) is 27.2. The van der Waals surface area contributed by atoms with Crippen molar-refractivity contribution in [3.05, 3.63) is 18.7 Å². The van der Waals surface area contributed by atoms with E-state index in [2.05, 4.69) is 17.0 Å². The molecule has 1 aromatic rings. The fourth-order valence-electron chi connectivity index (χ4n) is 4.66. The molecule has 8 nitrogen and oxygen atoms in total. The lowest BCUT2D eigenvalue weighted by Crippen LogP contribution is -3.00. The van der Waals surface area contributed by atoms with Crippen molar-refractivity contribution in [2.45, 2.75) is 129 Å². The number of hydrogen-bond donors (Lipinski definition) is 2. The van der Waals surface area contributed by atoms with E-state index in [4.69, 9.17) is 4.74 Å². The Morgan fingerprint density at radius 3 is 1.93 bits per heavy atom. The molecular weight excluding hydrogens is 671 g/mol. The average Bonchev–Trinajstić information content (AvgIpc) is 3.35. The van der Waals surface area contributed by atoms with E-state index in [1.165, 1.54) is 89.9 Å². The Labute approximate surface area is 273 Å².